The third-order valence-electron chi connectivity index (χ3n) is 5.81. The Bertz CT molecular complexity index is 1800. The average molecular weight is 517 g/mol. The zero-order valence-electron chi connectivity index (χ0n) is 20.0. The minimum atomic E-state index is -0.739. The lowest BCUT2D eigenvalue weighted by atomic mass is 10.2. The summed E-state index contributed by atoms with van der Waals surface area (Å²) in [5, 5.41) is 0.368. The number of carbonyl (C=O) groups excluding carboxylic acids is 2. The highest BCUT2D eigenvalue weighted by atomic mass is 35.5. The lowest BCUT2D eigenvalue weighted by Gasteiger charge is -2.15. The van der Waals surface area contributed by atoms with E-state index in [0.717, 1.165) is 5.56 Å². The molecule has 0 spiro atoms. The highest BCUT2D eigenvalue weighted by Crippen LogP contribution is 2.18. The molecular weight excluding hydrogens is 496 g/mol. The topological polar surface area (TPSA) is 108 Å². The second kappa shape index (κ2) is 9.87. The first-order valence-electron chi connectivity index (χ1n) is 11.5. The summed E-state index contributed by atoms with van der Waals surface area (Å²) in [5.41, 5.74) is 1.11. The summed E-state index contributed by atoms with van der Waals surface area (Å²) in [7, 11) is 0. The first-order chi connectivity index (χ1) is 17.9. The van der Waals surface area contributed by atoms with Crippen LogP contribution in [0.4, 0.5) is 0 Å². The quantitative estimate of drug-likeness (QED) is 0.256. The number of hydrogen-bond donors (Lipinski definition) is 0. The summed E-state index contributed by atoms with van der Waals surface area (Å²) < 4.78 is 13.7. The van der Waals surface area contributed by atoms with E-state index in [2.05, 4.69) is 4.99 Å². The van der Waals surface area contributed by atoms with Crippen LogP contribution >= 0.6 is 11.6 Å². The second-order valence-electron chi connectivity index (χ2n) is 8.20. The van der Waals surface area contributed by atoms with Crippen LogP contribution in [0.25, 0.3) is 16.7 Å². The molecule has 0 aliphatic carbocycles. The Morgan fingerprint density at radius 1 is 1.08 bits per heavy atom. The Labute approximate surface area is 215 Å². The van der Waals surface area contributed by atoms with E-state index < -0.39 is 11.9 Å². The highest BCUT2D eigenvalue weighted by Gasteiger charge is 2.21. The number of esters is 1. The van der Waals surface area contributed by atoms with Crippen LogP contribution in [0.3, 0.4) is 0 Å². The van der Waals surface area contributed by atoms with Gasteiger partial charge in [-0.3, -0.25) is 14.0 Å². The van der Waals surface area contributed by atoms with E-state index in [1.807, 2.05) is 13.0 Å². The maximum atomic E-state index is 13.5. The van der Waals surface area contributed by atoms with Gasteiger partial charge in [-0.15, -0.1) is 0 Å². The Morgan fingerprint density at radius 3 is 2.62 bits per heavy atom. The van der Waals surface area contributed by atoms with Crippen molar-refractivity contribution in [2.45, 2.75) is 20.4 Å². The van der Waals surface area contributed by atoms with Gasteiger partial charge in [0.15, 0.2) is 5.49 Å². The van der Waals surface area contributed by atoms with Crippen LogP contribution in [0.15, 0.2) is 81.3 Å². The number of pyridine rings is 2. The van der Waals surface area contributed by atoms with Crippen molar-refractivity contribution in [3.05, 3.63) is 110 Å². The molecule has 10 heteroatoms. The maximum absolute atomic E-state index is 13.5. The van der Waals surface area contributed by atoms with Gasteiger partial charge < -0.3 is 13.7 Å². The van der Waals surface area contributed by atoms with Crippen LogP contribution in [0.1, 0.15) is 39.0 Å². The lowest BCUT2D eigenvalue weighted by molar-refractivity contribution is 0.0523. The van der Waals surface area contributed by atoms with E-state index in [-0.39, 0.29) is 51.4 Å². The number of halogens is 1. The largest absolute Gasteiger partial charge is 0.467 e. The number of rotatable bonds is 5. The normalized spacial score (nSPS) is 11.8. The van der Waals surface area contributed by atoms with Gasteiger partial charge in [0.1, 0.15) is 22.6 Å². The predicted molar refractivity (Wildman–Crippen MR) is 137 cm³/mol. The van der Waals surface area contributed by atoms with E-state index in [4.69, 9.17) is 25.7 Å². The van der Waals surface area contributed by atoms with Crippen molar-refractivity contribution in [2.75, 3.05) is 6.61 Å². The van der Waals surface area contributed by atoms with Gasteiger partial charge in [-0.1, -0.05) is 29.8 Å². The summed E-state index contributed by atoms with van der Waals surface area (Å²) in [6, 6.07) is 14.9. The van der Waals surface area contributed by atoms with Crippen molar-refractivity contribution in [1.29, 1.82) is 0 Å². The Balaban J connectivity index is 1.93. The molecule has 186 valence electrons. The van der Waals surface area contributed by atoms with Crippen molar-refractivity contribution in [3.8, 4) is 0 Å². The Morgan fingerprint density at radius 2 is 1.89 bits per heavy atom. The number of nitrogens with zero attached hydrogens (tertiary/aromatic N) is 4. The molecule has 5 aromatic rings. The number of ether oxygens (including phenoxy) is 1. The van der Waals surface area contributed by atoms with Crippen LogP contribution < -0.4 is 11.0 Å². The zero-order chi connectivity index (χ0) is 26.1. The monoisotopic (exact) mass is 516 g/mol. The molecule has 37 heavy (non-hydrogen) atoms. The number of benzene rings is 1. The summed E-state index contributed by atoms with van der Waals surface area (Å²) in [5.74, 6) is -0.907. The average Bonchev–Trinajstić information content (AvgIpc) is 3.40. The third kappa shape index (κ3) is 4.45. The molecule has 0 saturated carbocycles. The number of carbonyl (C=O) groups is 2. The van der Waals surface area contributed by atoms with E-state index in [1.54, 1.807) is 49.5 Å². The molecule has 0 bridgehead atoms. The van der Waals surface area contributed by atoms with Gasteiger partial charge in [0, 0.05) is 6.20 Å². The van der Waals surface area contributed by atoms with Gasteiger partial charge in [0.05, 0.1) is 35.4 Å². The van der Waals surface area contributed by atoms with Gasteiger partial charge in [0.2, 0.25) is 0 Å². The molecule has 0 fully saturated rings. The molecular formula is C27H21ClN4O5. The molecule has 0 N–H and O–H groups in total. The number of aryl methyl sites for hydroxylation is 1. The van der Waals surface area contributed by atoms with Crippen molar-refractivity contribution >= 4 is 40.2 Å². The van der Waals surface area contributed by atoms with Gasteiger partial charge >= 0.3 is 5.97 Å². The van der Waals surface area contributed by atoms with Crippen LogP contribution in [-0.4, -0.2) is 32.4 Å². The number of furan rings is 1. The van der Waals surface area contributed by atoms with Crippen LogP contribution in [-0.2, 0) is 11.3 Å². The first-order valence-corrected chi connectivity index (χ1v) is 11.9. The lowest BCUT2D eigenvalue weighted by Crippen LogP contribution is -2.33. The summed E-state index contributed by atoms with van der Waals surface area (Å²) in [6.45, 7) is 3.62. The Kier molecular flexibility index (Phi) is 6.45. The fourth-order valence-corrected chi connectivity index (χ4v) is 4.28. The molecule has 1 aromatic carbocycles. The Hall–Kier alpha value is -4.50. The molecule has 4 aromatic heterocycles. The fourth-order valence-electron chi connectivity index (χ4n) is 4.07. The number of aromatic nitrogens is 3. The van der Waals surface area contributed by atoms with Crippen molar-refractivity contribution < 1.29 is 18.7 Å². The van der Waals surface area contributed by atoms with E-state index >= 15 is 0 Å². The van der Waals surface area contributed by atoms with Gasteiger partial charge in [-0.05, 0) is 55.8 Å². The van der Waals surface area contributed by atoms with Gasteiger partial charge in [0.25, 0.3) is 11.5 Å². The van der Waals surface area contributed by atoms with E-state index in [9.17, 15) is 14.4 Å². The minimum Gasteiger partial charge on any atom is -0.467 e. The first kappa shape index (κ1) is 24.2. The second-order valence-corrected chi connectivity index (χ2v) is 8.61. The van der Waals surface area contributed by atoms with Crippen LogP contribution in [0.5, 0.6) is 0 Å². The third-order valence-corrected chi connectivity index (χ3v) is 6.14. The molecule has 0 aliphatic heterocycles. The van der Waals surface area contributed by atoms with Gasteiger partial charge in [-0.2, -0.15) is 4.99 Å². The molecule has 0 atom stereocenters. The molecule has 0 radical (unpaired) electrons. The van der Waals surface area contributed by atoms with E-state index in [1.165, 1.54) is 27.4 Å². The number of amides is 1. The van der Waals surface area contributed by atoms with E-state index in [0.29, 0.717) is 11.4 Å². The molecule has 0 aliphatic rings. The minimum absolute atomic E-state index is 0.0305. The van der Waals surface area contributed by atoms with Crippen molar-refractivity contribution in [3.63, 3.8) is 0 Å². The standard InChI is InChI=1S/C27H21ClN4O5/c1-3-36-27(35)20-14-19-23(29-22-16(2)8-6-12-31(22)26(19)34)32(15-17-9-7-13-37-17)24(20)30-25(33)18-10-4-5-11-21(18)28/h4-14H,3,15H2,1-2H3. The summed E-state index contributed by atoms with van der Waals surface area (Å²) in [4.78, 5) is 49.0. The zero-order valence-corrected chi connectivity index (χ0v) is 20.7. The summed E-state index contributed by atoms with van der Waals surface area (Å²) >= 11 is 6.24. The smallest absolute Gasteiger partial charge is 0.341 e. The van der Waals surface area contributed by atoms with Crippen LogP contribution in [0, 0.1) is 6.92 Å². The van der Waals surface area contributed by atoms with Gasteiger partial charge in [-0.25, -0.2) is 9.78 Å². The SMILES string of the molecule is CCOC(=O)c1cc2c(=O)n3cccc(C)c3nc2n(Cc2ccco2)c1=NC(=O)c1ccccc1Cl. The number of fused-ring (bicyclic) bond motifs is 2. The predicted octanol–water partition coefficient (Wildman–Crippen LogP) is 4.17. The van der Waals surface area contributed by atoms with Crippen molar-refractivity contribution in [1.82, 2.24) is 14.0 Å². The fraction of sp³-hybridized carbons (Fsp3) is 0.148. The highest BCUT2D eigenvalue weighted by molar-refractivity contribution is 6.33. The molecule has 5 rings (SSSR count). The molecule has 1 amide bonds. The maximum Gasteiger partial charge on any atom is 0.341 e. The molecule has 0 saturated heterocycles. The van der Waals surface area contributed by atoms with Crippen molar-refractivity contribution in [2.24, 2.45) is 4.99 Å². The molecule has 4 heterocycles. The number of hydrogen-bond acceptors (Lipinski definition) is 6. The molecule has 9 nitrogen and oxygen atoms in total. The summed E-state index contributed by atoms with van der Waals surface area (Å²) in [6.07, 6.45) is 3.11. The molecule has 0 unspecified atom stereocenters. The van der Waals surface area contributed by atoms with Crippen LogP contribution in [0.2, 0.25) is 5.02 Å².